The van der Waals surface area contributed by atoms with Crippen LogP contribution in [0, 0.1) is 5.92 Å². The van der Waals surface area contributed by atoms with Crippen LogP contribution in [0.2, 0.25) is 5.02 Å². The maximum atomic E-state index is 12.3. The Balaban J connectivity index is 0.00000169. The third kappa shape index (κ3) is 5.61. The number of hydrogen-bond donors (Lipinski definition) is 1. The third-order valence-electron chi connectivity index (χ3n) is 4.38. The number of likely N-dealkylation sites (tertiary alicyclic amines) is 1. The standard InChI is InChI=1S/C18H22ClN3O2.2ClH/c1-20-10-13-8-9-22(12-13)18(23)7-6-17-21-11-16(24-17)14-4-2-3-5-15(14)19;;/h2-5,11,13,20H,6-10,12H2,1H3;2*1H. The van der Waals surface area contributed by atoms with Crippen molar-refractivity contribution in [3.63, 3.8) is 0 Å². The maximum absolute atomic E-state index is 12.3. The monoisotopic (exact) mass is 419 g/mol. The lowest BCUT2D eigenvalue weighted by Gasteiger charge is -2.16. The van der Waals surface area contributed by atoms with Gasteiger partial charge in [0.15, 0.2) is 11.7 Å². The Hall–Kier alpha value is -1.27. The number of benzene rings is 1. The zero-order valence-corrected chi connectivity index (χ0v) is 17.0. The predicted molar refractivity (Wildman–Crippen MR) is 108 cm³/mol. The molecule has 3 rings (SSSR count). The largest absolute Gasteiger partial charge is 0.441 e. The molecule has 1 aromatic carbocycles. The predicted octanol–water partition coefficient (Wildman–Crippen LogP) is 3.84. The molecule has 0 radical (unpaired) electrons. The molecule has 1 aromatic heterocycles. The van der Waals surface area contributed by atoms with Gasteiger partial charge in [0.25, 0.3) is 0 Å². The molecule has 0 aliphatic carbocycles. The van der Waals surface area contributed by atoms with Gasteiger partial charge in [-0.3, -0.25) is 4.79 Å². The lowest BCUT2D eigenvalue weighted by atomic mass is 10.1. The summed E-state index contributed by atoms with van der Waals surface area (Å²) in [5.41, 5.74) is 0.818. The van der Waals surface area contributed by atoms with Crippen LogP contribution in [0.5, 0.6) is 0 Å². The number of halogens is 3. The van der Waals surface area contributed by atoms with Crippen LogP contribution >= 0.6 is 36.4 Å². The minimum absolute atomic E-state index is 0. The minimum Gasteiger partial charge on any atom is -0.441 e. The van der Waals surface area contributed by atoms with Crippen molar-refractivity contribution in [3.05, 3.63) is 41.4 Å². The molecule has 2 heterocycles. The molecule has 1 fully saturated rings. The lowest BCUT2D eigenvalue weighted by Crippen LogP contribution is -2.30. The molecule has 8 heteroatoms. The summed E-state index contributed by atoms with van der Waals surface area (Å²) in [6.45, 7) is 2.66. The second-order valence-corrected chi connectivity index (χ2v) is 6.56. The van der Waals surface area contributed by atoms with Gasteiger partial charge in [0, 0.05) is 31.5 Å². The van der Waals surface area contributed by atoms with E-state index >= 15 is 0 Å². The number of oxazole rings is 1. The Morgan fingerprint density at radius 1 is 1.38 bits per heavy atom. The summed E-state index contributed by atoms with van der Waals surface area (Å²) in [6, 6.07) is 7.49. The molecule has 5 nitrogen and oxygen atoms in total. The van der Waals surface area contributed by atoms with E-state index in [-0.39, 0.29) is 30.7 Å². The van der Waals surface area contributed by atoms with E-state index in [4.69, 9.17) is 16.0 Å². The fourth-order valence-electron chi connectivity index (χ4n) is 3.10. The molecule has 1 N–H and O–H groups in total. The van der Waals surface area contributed by atoms with Crippen LogP contribution in [0.1, 0.15) is 18.7 Å². The van der Waals surface area contributed by atoms with E-state index in [0.717, 1.165) is 31.6 Å². The van der Waals surface area contributed by atoms with E-state index in [1.807, 2.05) is 36.2 Å². The fraction of sp³-hybridized carbons (Fsp3) is 0.444. The molecule has 1 atom stereocenters. The molecule has 1 amide bonds. The molecule has 0 bridgehead atoms. The Kier molecular flexibility index (Phi) is 9.44. The Bertz CT molecular complexity index is 708. The first-order valence-electron chi connectivity index (χ1n) is 8.29. The molecule has 1 unspecified atom stereocenters. The van der Waals surface area contributed by atoms with Crippen molar-refractivity contribution in [1.29, 1.82) is 0 Å². The zero-order valence-electron chi connectivity index (χ0n) is 14.6. The molecule has 1 saturated heterocycles. The third-order valence-corrected chi connectivity index (χ3v) is 4.71. The number of rotatable bonds is 6. The topological polar surface area (TPSA) is 58.4 Å². The van der Waals surface area contributed by atoms with Crippen molar-refractivity contribution in [2.24, 2.45) is 5.92 Å². The van der Waals surface area contributed by atoms with Gasteiger partial charge >= 0.3 is 0 Å². The summed E-state index contributed by atoms with van der Waals surface area (Å²) in [4.78, 5) is 18.5. The van der Waals surface area contributed by atoms with E-state index in [1.165, 1.54) is 0 Å². The molecule has 144 valence electrons. The summed E-state index contributed by atoms with van der Waals surface area (Å²) < 4.78 is 5.75. The summed E-state index contributed by atoms with van der Waals surface area (Å²) in [6.07, 6.45) is 3.67. The van der Waals surface area contributed by atoms with Gasteiger partial charge in [0.2, 0.25) is 5.91 Å². The van der Waals surface area contributed by atoms with Crippen LogP contribution in [0.4, 0.5) is 0 Å². The van der Waals surface area contributed by atoms with E-state index in [9.17, 15) is 4.79 Å². The summed E-state index contributed by atoms with van der Waals surface area (Å²) in [7, 11) is 1.95. The Labute approximate surface area is 171 Å². The first kappa shape index (κ1) is 22.8. The van der Waals surface area contributed by atoms with Crippen LogP contribution in [-0.2, 0) is 11.2 Å². The van der Waals surface area contributed by atoms with Gasteiger partial charge < -0.3 is 14.6 Å². The van der Waals surface area contributed by atoms with Crippen molar-refractivity contribution < 1.29 is 9.21 Å². The van der Waals surface area contributed by atoms with Gasteiger partial charge in [-0.25, -0.2) is 4.98 Å². The van der Waals surface area contributed by atoms with Gasteiger partial charge in [0.05, 0.1) is 11.2 Å². The summed E-state index contributed by atoms with van der Waals surface area (Å²) in [5, 5.41) is 3.80. The maximum Gasteiger partial charge on any atom is 0.223 e. The smallest absolute Gasteiger partial charge is 0.223 e. The minimum atomic E-state index is 0. The normalized spacial score (nSPS) is 16.1. The van der Waals surface area contributed by atoms with E-state index in [1.54, 1.807) is 6.20 Å². The quantitative estimate of drug-likeness (QED) is 0.771. The Morgan fingerprint density at radius 2 is 2.15 bits per heavy atom. The fourth-order valence-corrected chi connectivity index (χ4v) is 3.33. The highest BCUT2D eigenvalue weighted by atomic mass is 35.5. The zero-order chi connectivity index (χ0) is 16.9. The number of aromatic nitrogens is 1. The SMILES string of the molecule is CNCC1CCN(C(=O)CCc2ncc(-c3ccccc3Cl)o2)C1.Cl.Cl. The van der Waals surface area contributed by atoms with Crippen molar-refractivity contribution in [2.45, 2.75) is 19.3 Å². The number of hydrogen-bond acceptors (Lipinski definition) is 4. The average molecular weight is 421 g/mol. The van der Waals surface area contributed by atoms with Gasteiger partial charge in [0.1, 0.15) is 0 Å². The highest BCUT2D eigenvalue weighted by Crippen LogP contribution is 2.28. The highest BCUT2D eigenvalue weighted by Gasteiger charge is 2.25. The molecule has 1 aliphatic heterocycles. The number of carbonyl (C=O) groups is 1. The molecule has 2 aromatic rings. The number of nitrogens with zero attached hydrogens (tertiary/aromatic N) is 2. The van der Waals surface area contributed by atoms with Gasteiger partial charge in [-0.05, 0) is 38.1 Å². The first-order chi connectivity index (χ1) is 11.7. The molecule has 0 saturated carbocycles. The second kappa shape index (κ2) is 10.8. The lowest BCUT2D eigenvalue weighted by molar-refractivity contribution is -0.130. The van der Waals surface area contributed by atoms with Gasteiger partial charge in [-0.2, -0.15) is 0 Å². The van der Waals surface area contributed by atoms with E-state index in [0.29, 0.717) is 35.4 Å². The van der Waals surface area contributed by atoms with Crippen LogP contribution in [0.15, 0.2) is 34.9 Å². The number of carbonyl (C=O) groups excluding carboxylic acids is 1. The average Bonchev–Trinajstić information content (AvgIpc) is 3.23. The van der Waals surface area contributed by atoms with Crippen LogP contribution in [0.25, 0.3) is 11.3 Å². The summed E-state index contributed by atoms with van der Waals surface area (Å²) >= 11 is 6.17. The molecule has 0 spiro atoms. The molecule has 1 aliphatic rings. The van der Waals surface area contributed by atoms with Crippen molar-refractivity contribution >= 4 is 42.3 Å². The number of nitrogens with one attached hydrogen (secondary N) is 1. The van der Waals surface area contributed by atoms with Crippen molar-refractivity contribution in [2.75, 3.05) is 26.7 Å². The number of aryl methyl sites for hydroxylation is 1. The van der Waals surface area contributed by atoms with Crippen molar-refractivity contribution in [3.8, 4) is 11.3 Å². The number of amides is 1. The highest BCUT2D eigenvalue weighted by molar-refractivity contribution is 6.33. The summed E-state index contributed by atoms with van der Waals surface area (Å²) in [5.74, 6) is 1.95. The van der Waals surface area contributed by atoms with Crippen molar-refractivity contribution in [1.82, 2.24) is 15.2 Å². The van der Waals surface area contributed by atoms with Crippen LogP contribution in [0.3, 0.4) is 0 Å². The first-order valence-corrected chi connectivity index (χ1v) is 8.67. The molecular formula is C18H24Cl3N3O2. The second-order valence-electron chi connectivity index (χ2n) is 6.15. The van der Waals surface area contributed by atoms with Gasteiger partial charge in [-0.1, -0.05) is 23.7 Å². The molecule has 26 heavy (non-hydrogen) atoms. The van der Waals surface area contributed by atoms with E-state index < -0.39 is 0 Å². The Morgan fingerprint density at radius 3 is 2.88 bits per heavy atom. The van der Waals surface area contributed by atoms with Crippen LogP contribution < -0.4 is 5.32 Å². The van der Waals surface area contributed by atoms with Crippen LogP contribution in [-0.4, -0.2) is 42.5 Å². The molecular weight excluding hydrogens is 397 g/mol. The van der Waals surface area contributed by atoms with Gasteiger partial charge in [-0.15, -0.1) is 24.8 Å². The van der Waals surface area contributed by atoms with E-state index in [2.05, 4.69) is 10.3 Å².